The fourth-order valence-electron chi connectivity index (χ4n) is 8.10. The molecule has 4 aromatic rings. The normalized spacial score (nSPS) is 15.4. The molecule has 2 unspecified atom stereocenters. The first-order valence-electron chi connectivity index (χ1n) is 22.2. The highest BCUT2D eigenvalue weighted by molar-refractivity contribution is 5.82. The average Bonchev–Trinajstić information content (AvgIpc) is 3.19. The highest BCUT2D eigenvalue weighted by Gasteiger charge is 2.27. The van der Waals surface area contributed by atoms with Crippen LogP contribution in [0.4, 0.5) is 0 Å². The van der Waals surface area contributed by atoms with Crippen LogP contribution >= 0.6 is 0 Å². The SMILES string of the molecule is Cc1cc(=O)oc2cc(OCCCCCCCCCCC(=O)NC3CCCCC3NC(=O)CCCCCCCCCCOc3ccc4c(C)cc(=O)oc4c3)ccc12. The van der Waals surface area contributed by atoms with Gasteiger partial charge in [-0.15, -0.1) is 0 Å². The van der Waals surface area contributed by atoms with Crippen molar-refractivity contribution in [3.8, 4) is 11.5 Å². The van der Waals surface area contributed by atoms with E-state index in [4.69, 9.17) is 18.3 Å². The molecule has 2 N–H and O–H groups in total. The lowest BCUT2D eigenvalue weighted by atomic mass is 9.90. The van der Waals surface area contributed by atoms with Gasteiger partial charge >= 0.3 is 11.3 Å². The van der Waals surface area contributed by atoms with Crippen LogP contribution in [-0.2, 0) is 9.59 Å². The van der Waals surface area contributed by atoms with Gasteiger partial charge in [0.15, 0.2) is 0 Å². The lowest BCUT2D eigenvalue weighted by molar-refractivity contribution is -0.125. The lowest BCUT2D eigenvalue weighted by Crippen LogP contribution is -2.53. The molecular formula is C48H66N2O8. The molecule has 1 aliphatic carbocycles. The molecule has 0 saturated heterocycles. The number of fused-ring (bicyclic) bond motifs is 2. The Kier molecular flexibility index (Phi) is 18.7. The van der Waals surface area contributed by atoms with Gasteiger partial charge in [0.25, 0.3) is 0 Å². The maximum Gasteiger partial charge on any atom is 0.336 e. The predicted molar refractivity (Wildman–Crippen MR) is 231 cm³/mol. The summed E-state index contributed by atoms with van der Waals surface area (Å²) in [5, 5.41) is 8.36. The molecule has 0 radical (unpaired) electrons. The van der Waals surface area contributed by atoms with Crippen LogP contribution < -0.4 is 31.4 Å². The van der Waals surface area contributed by atoms with Gasteiger partial charge in [0.1, 0.15) is 22.7 Å². The summed E-state index contributed by atoms with van der Waals surface area (Å²) in [6.07, 6.45) is 22.6. The van der Waals surface area contributed by atoms with Crippen LogP contribution in [0.3, 0.4) is 0 Å². The Balaban J connectivity index is 0.813. The molecule has 2 heterocycles. The first kappa shape index (κ1) is 44.5. The zero-order chi connectivity index (χ0) is 41.0. The zero-order valence-electron chi connectivity index (χ0n) is 35.0. The molecule has 1 fully saturated rings. The van der Waals surface area contributed by atoms with Crippen LogP contribution in [0.1, 0.15) is 152 Å². The van der Waals surface area contributed by atoms with Crippen LogP contribution in [0.2, 0.25) is 0 Å². The zero-order valence-corrected chi connectivity index (χ0v) is 35.0. The van der Waals surface area contributed by atoms with Crippen molar-refractivity contribution >= 4 is 33.8 Å². The maximum absolute atomic E-state index is 12.8. The van der Waals surface area contributed by atoms with Crippen molar-refractivity contribution < 1.29 is 27.9 Å². The Bertz CT molecular complexity index is 1860. The third kappa shape index (κ3) is 15.3. The quantitative estimate of drug-likeness (QED) is 0.0473. The van der Waals surface area contributed by atoms with Crippen molar-refractivity contribution in [3.63, 3.8) is 0 Å². The van der Waals surface area contributed by atoms with Crippen LogP contribution in [0.25, 0.3) is 21.9 Å². The number of aryl methyl sites for hydroxylation is 2. The van der Waals surface area contributed by atoms with Crippen molar-refractivity contribution in [2.75, 3.05) is 13.2 Å². The number of unbranched alkanes of at least 4 members (excludes halogenated alkanes) is 14. The molecule has 10 heteroatoms. The van der Waals surface area contributed by atoms with Crippen LogP contribution in [0.15, 0.2) is 67.0 Å². The number of nitrogens with one attached hydrogen (secondary N) is 2. The minimum atomic E-state index is -0.341. The van der Waals surface area contributed by atoms with Gasteiger partial charge < -0.3 is 28.9 Å². The first-order chi connectivity index (χ1) is 28.2. The summed E-state index contributed by atoms with van der Waals surface area (Å²) in [6, 6.07) is 14.4. The molecule has 5 rings (SSSR count). The molecule has 2 aromatic heterocycles. The number of carbonyl (C=O) groups is 2. The van der Waals surface area contributed by atoms with Gasteiger partial charge in [-0.3, -0.25) is 9.59 Å². The van der Waals surface area contributed by atoms with Gasteiger partial charge in [0.2, 0.25) is 11.8 Å². The van der Waals surface area contributed by atoms with Gasteiger partial charge in [0, 0.05) is 60.0 Å². The van der Waals surface area contributed by atoms with E-state index in [0.717, 1.165) is 123 Å². The summed E-state index contributed by atoms with van der Waals surface area (Å²) >= 11 is 0. The number of benzene rings is 2. The molecular weight excluding hydrogens is 733 g/mol. The molecule has 10 nitrogen and oxygen atoms in total. The second-order valence-electron chi connectivity index (χ2n) is 16.3. The minimum Gasteiger partial charge on any atom is -0.493 e. The Morgan fingerprint density at radius 3 is 1.29 bits per heavy atom. The Morgan fingerprint density at radius 2 is 0.897 bits per heavy atom. The second kappa shape index (κ2) is 24.4. The number of rotatable bonds is 26. The summed E-state index contributed by atoms with van der Waals surface area (Å²) in [5.74, 6) is 1.67. The molecule has 0 spiro atoms. The molecule has 58 heavy (non-hydrogen) atoms. The van der Waals surface area contributed by atoms with E-state index >= 15 is 0 Å². The van der Waals surface area contributed by atoms with E-state index in [1.54, 1.807) is 12.1 Å². The second-order valence-corrected chi connectivity index (χ2v) is 16.3. The van der Waals surface area contributed by atoms with Crippen molar-refractivity contribution in [2.24, 2.45) is 0 Å². The predicted octanol–water partition coefficient (Wildman–Crippen LogP) is 10.5. The summed E-state index contributed by atoms with van der Waals surface area (Å²) in [7, 11) is 0. The Hall–Kier alpha value is -4.60. The van der Waals surface area contributed by atoms with Crippen molar-refractivity contribution in [1.82, 2.24) is 10.6 Å². The number of ether oxygens (including phenoxy) is 2. The number of amides is 2. The average molecular weight is 799 g/mol. The minimum absolute atomic E-state index is 0.0325. The topological polar surface area (TPSA) is 137 Å². The number of hydrogen-bond acceptors (Lipinski definition) is 8. The van der Waals surface area contributed by atoms with Gasteiger partial charge in [-0.25, -0.2) is 9.59 Å². The van der Waals surface area contributed by atoms with Gasteiger partial charge in [-0.1, -0.05) is 89.9 Å². The summed E-state index contributed by atoms with van der Waals surface area (Å²) in [5.41, 5.74) is 2.25. The fourth-order valence-corrected chi connectivity index (χ4v) is 8.10. The van der Waals surface area contributed by atoms with Crippen LogP contribution in [0.5, 0.6) is 11.5 Å². The van der Waals surface area contributed by atoms with Crippen molar-refractivity contribution in [2.45, 2.75) is 167 Å². The molecule has 0 bridgehead atoms. The standard InChI is InChI=1S/C48H66N2O8/c1-35-31-47(53)57-43-33-37(25-27-39(35)43)55-29-19-13-9-5-3-7-11-15-23-45(51)49-41-21-17-18-22-42(41)50-46(52)24-16-12-8-4-6-10-14-20-30-56-38-26-28-40-36(2)32-48(54)58-44(40)34-38/h25-28,31-34,41-42H,3-24,29-30H2,1-2H3,(H,49,51)(H,50,52). The molecule has 1 saturated carbocycles. The summed E-state index contributed by atoms with van der Waals surface area (Å²) in [4.78, 5) is 48.9. The molecule has 2 atom stereocenters. The largest absolute Gasteiger partial charge is 0.493 e. The molecule has 2 aromatic carbocycles. The van der Waals surface area contributed by atoms with E-state index in [1.165, 1.54) is 50.7 Å². The number of carbonyl (C=O) groups excluding carboxylic acids is 2. The highest BCUT2D eigenvalue weighted by Crippen LogP contribution is 2.24. The monoisotopic (exact) mass is 798 g/mol. The Morgan fingerprint density at radius 1 is 0.534 bits per heavy atom. The van der Waals surface area contributed by atoms with E-state index in [2.05, 4.69) is 10.6 Å². The van der Waals surface area contributed by atoms with Crippen LogP contribution in [-0.4, -0.2) is 37.1 Å². The maximum atomic E-state index is 12.8. The summed E-state index contributed by atoms with van der Waals surface area (Å²) < 4.78 is 22.4. The van der Waals surface area contributed by atoms with Crippen molar-refractivity contribution in [3.05, 3.63) is 80.5 Å². The first-order valence-corrected chi connectivity index (χ1v) is 22.2. The fraction of sp³-hybridized carbons (Fsp3) is 0.583. The third-order valence-corrected chi connectivity index (χ3v) is 11.4. The van der Waals surface area contributed by atoms with E-state index in [9.17, 15) is 19.2 Å². The Labute approximate surface area is 343 Å². The van der Waals surface area contributed by atoms with Gasteiger partial charge in [0.05, 0.1) is 13.2 Å². The number of hydrogen-bond donors (Lipinski definition) is 2. The van der Waals surface area contributed by atoms with Crippen LogP contribution in [0, 0.1) is 13.8 Å². The van der Waals surface area contributed by atoms with E-state index in [0.29, 0.717) is 37.2 Å². The van der Waals surface area contributed by atoms with E-state index in [1.807, 2.05) is 38.1 Å². The van der Waals surface area contributed by atoms with Gasteiger partial charge in [-0.05, 0) is 87.8 Å². The summed E-state index contributed by atoms with van der Waals surface area (Å²) in [6.45, 7) is 5.09. The molecule has 316 valence electrons. The lowest BCUT2D eigenvalue weighted by Gasteiger charge is -2.33. The third-order valence-electron chi connectivity index (χ3n) is 11.4. The van der Waals surface area contributed by atoms with Crippen molar-refractivity contribution in [1.29, 1.82) is 0 Å². The molecule has 2 amide bonds. The van der Waals surface area contributed by atoms with Gasteiger partial charge in [-0.2, -0.15) is 0 Å². The highest BCUT2D eigenvalue weighted by atomic mass is 16.5. The van der Waals surface area contributed by atoms with E-state index in [-0.39, 0.29) is 35.1 Å². The smallest absolute Gasteiger partial charge is 0.336 e. The van der Waals surface area contributed by atoms with E-state index < -0.39 is 0 Å². The molecule has 1 aliphatic rings. The molecule has 0 aliphatic heterocycles.